The number of hydrogen-bond donors (Lipinski definition) is 0. The van der Waals surface area contributed by atoms with Crippen LogP contribution in [0.25, 0.3) is 21.8 Å². The number of ether oxygens (including phenoxy) is 2. The van der Waals surface area contributed by atoms with Gasteiger partial charge in [-0.05, 0) is 85.6 Å². The lowest BCUT2D eigenvalue weighted by atomic mass is 10.1. The average molecular weight is 664 g/mol. The molecule has 0 atom stereocenters. The van der Waals surface area contributed by atoms with Crippen LogP contribution in [0.5, 0.6) is 0 Å². The highest BCUT2D eigenvalue weighted by atomic mass is 79.9. The fourth-order valence-electron chi connectivity index (χ4n) is 3.94. The van der Waals surface area contributed by atoms with E-state index in [1.807, 2.05) is 0 Å². The molecule has 0 amide bonds. The van der Waals surface area contributed by atoms with Gasteiger partial charge in [-0.2, -0.15) is 9.13 Å². The van der Waals surface area contributed by atoms with E-state index in [2.05, 4.69) is 25.9 Å². The van der Waals surface area contributed by atoms with E-state index in [-0.39, 0.29) is 38.8 Å². The Hall–Kier alpha value is -4.00. The van der Waals surface area contributed by atoms with Gasteiger partial charge < -0.3 is 9.47 Å². The zero-order valence-electron chi connectivity index (χ0n) is 25.4. The van der Waals surface area contributed by atoms with Gasteiger partial charge in [-0.3, -0.25) is 9.59 Å². The lowest BCUT2D eigenvalue weighted by Gasteiger charge is -2.20. The maximum atomic E-state index is 13.8. The molecule has 4 rings (SSSR count). The first-order valence-electron chi connectivity index (χ1n) is 13.2. The van der Waals surface area contributed by atoms with Gasteiger partial charge in [0.05, 0.1) is 21.8 Å². The van der Waals surface area contributed by atoms with Gasteiger partial charge in [-0.15, -0.1) is 0 Å². The van der Waals surface area contributed by atoms with Crippen LogP contribution in [-0.4, -0.2) is 42.5 Å². The van der Waals surface area contributed by atoms with Crippen LogP contribution >= 0.6 is 15.9 Å². The Morgan fingerprint density at radius 1 is 0.744 bits per heavy atom. The van der Waals surface area contributed by atoms with Crippen molar-refractivity contribution in [2.24, 2.45) is 0 Å². The van der Waals surface area contributed by atoms with Crippen LogP contribution < -0.4 is 11.1 Å². The van der Waals surface area contributed by atoms with Gasteiger partial charge in [0.25, 0.3) is 11.1 Å². The summed E-state index contributed by atoms with van der Waals surface area (Å²) >= 11 is 3.16. The molecule has 4 aromatic rings. The van der Waals surface area contributed by atoms with E-state index in [1.165, 1.54) is 38.1 Å². The second kappa shape index (κ2) is 12.3. The highest BCUT2D eigenvalue weighted by Crippen LogP contribution is 2.19. The Bertz CT molecular complexity index is 1870. The monoisotopic (exact) mass is 662 g/mol. The van der Waals surface area contributed by atoms with E-state index in [4.69, 9.17) is 9.47 Å². The molecule has 0 saturated heterocycles. The maximum Gasteiger partial charge on any atom is 0.422 e. The molecule has 0 aliphatic carbocycles. The SMILES string of the molecule is Cc1cc2c(=O)n(C(=O)OC(C)(C)C)c(C)nc2cc1F.Cc1nc2cc(F)c(CBr)cc2c(=O)n1C(=O)OC(C)(C)C. The quantitative estimate of drug-likeness (QED) is 0.213. The second-order valence-corrected chi connectivity index (χ2v) is 12.3. The van der Waals surface area contributed by atoms with Crippen molar-refractivity contribution in [2.75, 3.05) is 0 Å². The average Bonchev–Trinajstić information content (AvgIpc) is 2.83. The van der Waals surface area contributed by atoms with Crippen molar-refractivity contribution in [2.45, 2.75) is 78.8 Å². The molecule has 2 heterocycles. The molecule has 0 fully saturated rings. The van der Waals surface area contributed by atoms with Crippen molar-refractivity contribution in [3.05, 3.63) is 79.4 Å². The minimum Gasteiger partial charge on any atom is -0.443 e. The summed E-state index contributed by atoms with van der Waals surface area (Å²) in [5, 5.41) is 0.617. The topological polar surface area (TPSA) is 122 Å². The maximum absolute atomic E-state index is 13.8. The normalized spacial score (nSPS) is 11.7. The molecule has 0 saturated carbocycles. The van der Waals surface area contributed by atoms with Crippen LogP contribution in [0, 0.1) is 32.4 Å². The minimum absolute atomic E-state index is 0.151. The predicted molar refractivity (Wildman–Crippen MR) is 162 cm³/mol. The van der Waals surface area contributed by atoms with Gasteiger partial charge in [0, 0.05) is 17.5 Å². The summed E-state index contributed by atoms with van der Waals surface area (Å²) in [4.78, 5) is 57.5. The van der Waals surface area contributed by atoms with Gasteiger partial charge in [-0.25, -0.2) is 28.3 Å². The number of halogens is 3. The lowest BCUT2D eigenvalue weighted by molar-refractivity contribution is 0.0514. The minimum atomic E-state index is -0.797. The van der Waals surface area contributed by atoms with E-state index in [1.54, 1.807) is 48.5 Å². The van der Waals surface area contributed by atoms with Crippen LogP contribution in [0.2, 0.25) is 0 Å². The first-order chi connectivity index (χ1) is 19.7. The molecule has 0 bridgehead atoms. The molecule has 0 radical (unpaired) electrons. The van der Waals surface area contributed by atoms with Crippen molar-refractivity contribution in [1.29, 1.82) is 0 Å². The molecule has 2 aromatic carbocycles. The molecule has 0 aliphatic heterocycles. The Kier molecular flexibility index (Phi) is 9.59. The number of carbonyl (C=O) groups excluding carboxylic acids is 2. The fraction of sp³-hybridized carbons (Fsp3) is 0.400. The first kappa shape index (κ1) is 33.5. The summed E-state index contributed by atoms with van der Waals surface area (Å²) in [5.74, 6) is -0.586. The number of benzene rings is 2. The summed E-state index contributed by atoms with van der Waals surface area (Å²) in [7, 11) is 0. The molecule has 43 heavy (non-hydrogen) atoms. The van der Waals surface area contributed by atoms with E-state index in [0.29, 0.717) is 11.1 Å². The van der Waals surface area contributed by atoms with E-state index in [9.17, 15) is 28.0 Å². The Balaban J connectivity index is 0.000000236. The van der Waals surface area contributed by atoms with Gasteiger partial charge in [0.15, 0.2) is 0 Å². The van der Waals surface area contributed by atoms with Gasteiger partial charge in [0.1, 0.15) is 34.5 Å². The number of carbonyl (C=O) groups is 2. The van der Waals surface area contributed by atoms with E-state index in [0.717, 1.165) is 9.13 Å². The zero-order chi connectivity index (χ0) is 32.6. The van der Waals surface area contributed by atoms with Gasteiger partial charge >= 0.3 is 12.2 Å². The van der Waals surface area contributed by atoms with Crippen LogP contribution in [-0.2, 0) is 14.8 Å². The third kappa shape index (κ3) is 7.70. The van der Waals surface area contributed by atoms with E-state index >= 15 is 0 Å². The highest BCUT2D eigenvalue weighted by Gasteiger charge is 2.23. The number of aromatic nitrogens is 4. The standard InChI is InChI=1S/C15H16BrFN2O3.C15H17FN2O3/c1-8-18-12-6-11(17)9(7-16)5-10(12)13(20)19(8)14(21)22-15(2,3)4;1-8-6-10-12(7-11(8)16)17-9(2)18(13(10)19)14(20)21-15(3,4)5/h5-6H,7H2,1-4H3;6-7H,1-5H3. The Labute approximate surface area is 254 Å². The summed E-state index contributed by atoms with van der Waals surface area (Å²) in [6.45, 7) is 14.8. The summed E-state index contributed by atoms with van der Waals surface area (Å²) in [5.41, 5.74) is -1.51. The molecule has 13 heteroatoms. The summed E-state index contributed by atoms with van der Waals surface area (Å²) in [6, 6.07) is 5.17. The number of fused-ring (bicyclic) bond motifs is 2. The zero-order valence-corrected chi connectivity index (χ0v) is 27.0. The van der Waals surface area contributed by atoms with Crippen molar-refractivity contribution < 1.29 is 27.8 Å². The predicted octanol–water partition coefficient (Wildman–Crippen LogP) is 6.46. The number of nitrogens with zero attached hydrogens (tertiary/aromatic N) is 4. The van der Waals surface area contributed by atoms with Crippen molar-refractivity contribution in [1.82, 2.24) is 19.1 Å². The molecule has 230 valence electrons. The third-order valence-electron chi connectivity index (χ3n) is 5.82. The van der Waals surface area contributed by atoms with Crippen molar-refractivity contribution >= 4 is 49.9 Å². The number of aryl methyl sites for hydroxylation is 3. The molecule has 0 N–H and O–H groups in total. The largest absolute Gasteiger partial charge is 0.443 e. The Morgan fingerprint density at radius 2 is 1.14 bits per heavy atom. The summed E-state index contributed by atoms with van der Waals surface area (Å²) < 4.78 is 39.5. The molecular weight excluding hydrogens is 630 g/mol. The smallest absolute Gasteiger partial charge is 0.422 e. The van der Waals surface area contributed by atoms with Crippen LogP contribution in [0.4, 0.5) is 18.4 Å². The van der Waals surface area contributed by atoms with Crippen molar-refractivity contribution in [3.8, 4) is 0 Å². The third-order valence-corrected chi connectivity index (χ3v) is 6.42. The number of rotatable bonds is 1. The molecule has 0 spiro atoms. The molecule has 0 aliphatic rings. The van der Waals surface area contributed by atoms with Crippen LogP contribution in [0.3, 0.4) is 0 Å². The van der Waals surface area contributed by atoms with Crippen LogP contribution in [0.15, 0.2) is 33.9 Å². The lowest BCUT2D eigenvalue weighted by Crippen LogP contribution is -2.35. The number of alkyl halides is 1. The first-order valence-corrected chi connectivity index (χ1v) is 14.3. The summed E-state index contributed by atoms with van der Waals surface area (Å²) in [6.07, 6.45) is -1.59. The molecule has 0 unspecified atom stereocenters. The molecular formula is C30H33BrF2N4O6. The Morgan fingerprint density at radius 3 is 1.53 bits per heavy atom. The van der Waals surface area contributed by atoms with Gasteiger partial charge in [-0.1, -0.05) is 15.9 Å². The van der Waals surface area contributed by atoms with Gasteiger partial charge in [0.2, 0.25) is 0 Å². The highest BCUT2D eigenvalue weighted by molar-refractivity contribution is 9.08. The van der Waals surface area contributed by atoms with E-state index < -0.39 is 46.1 Å². The number of hydrogen-bond acceptors (Lipinski definition) is 8. The molecule has 10 nitrogen and oxygen atoms in total. The van der Waals surface area contributed by atoms with Crippen LogP contribution in [0.1, 0.15) is 64.3 Å². The fourth-order valence-corrected chi connectivity index (χ4v) is 4.37. The van der Waals surface area contributed by atoms with Crippen molar-refractivity contribution in [3.63, 3.8) is 0 Å². The molecule has 2 aromatic heterocycles. The second-order valence-electron chi connectivity index (χ2n) is 11.8.